The van der Waals surface area contributed by atoms with E-state index >= 15 is 0 Å². The van der Waals surface area contributed by atoms with Gasteiger partial charge in [-0.1, -0.05) is 43.7 Å². The van der Waals surface area contributed by atoms with E-state index in [2.05, 4.69) is 23.8 Å². The SMILES string of the molecule is CC(C)Cc1cnc(C(=O)/C=C/c2ccc(Cl)cc2)cn1. The van der Waals surface area contributed by atoms with Gasteiger partial charge in [-0.2, -0.15) is 0 Å². The van der Waals surface area contributed by atoms with Gasteiger partial charge in [0, 0.05) is 11.2 Å². The second-order valence-corrected chi connectivity index (χ2v) is 5.68. The van der Waals surface area contributed by atoms with Gasteiger partial charge in [0.25, 0.3) is 0 Å². The van der Waals surface area contributed by atoms with Gasteiger partial charge in [-0.3, -0.25) is 9.78 Å². The molecular weight excluding hydrogens is 284 g/mol. The molecule has 0 N–H and O–H groups in total. The lowest BCUT2D eigenvalue weighted by molar-refractivity contribution is 0.104. The van der Waals surface area contributed by atoms with E-state index in [9.17, 15) is 4.79 Å². The first-order valence-corrected chi connectivity index (χ1v) is 7.21. The van der Waals surface area contributed by atoms with Gasteiger partial charge in [-0.15, -0.1) is 0 Å². The van der Waals surface area contributed by atoms with Gasteiger partial charge in [0.15, 0.2) is 0 Å². The molecule has 0 radical (unpaired) electrons. The van der Waals surface area contributed by atoms with Crippen LogP contribution < -0.4 is 0 Å². The van der Waals surface area contributed by atoms with Crippen molar-refractivity contribution in [3.8, 4) is 0 Å². The van der Waals surface area contributed by atoms with Crippen LogP contribution in [-0.2, 0) is 6.42 Å². The summed E-state index contributed by atoms with van der Waals surface area (Å²) in [7, 11) is 0. The number of ketones is 1. The molecule has 0 saturated carbocycles. The average molecular weight is 301 g/mol. The highest BCUT2D eigenvalue weighted by atomic mass is 35.5. The molecule has 0 aliphatic carbocycles. The second kappa shape index (κ2) is 7.14. The zero-order chi connectivity index (χ0) is 15.2. The summed E-state index contributed by atoms with van der Waals surface area (Å²) in [6, 6.07) is 7.27. The summed E-state index contributed by atoms with van der Waals surface area (Å²) in [6.07, 6.45) is 7.30. The molecule has 4 heteroatoms. The van der Waals surface area contributed by atoms with E-state index < -0.39 is 0 Å². The Bertz CT molecular complexity index is 631. The summed E-state index contributed by atoms with van der Waals surface area (Å²) in [6.45, 7) is 4.24. The normalized spacial score (nSPS) is 11.2. The van der Waals surface area contributed by atoms with Crippen molar-refractivity contribution in [2.75, 3.05) is 0 Å². The van der Waals surface area contributed by atoms with Crippen LogP contribution in [0.4, 0.5) is 0 Å². The maximum atomic E-state index is 12.0. The Labute approximate surface area is 129 Å². The largest absolute Gasteiger partial charge is 0.287 e. The lowest BCUT2D eigenvalue weighted by Crippen LogP contribution is -2.03. The first-order valence-electron chi connectivity index (χ1n) is 6.83. The minimum atomic E-state index is -0.159. The van der Waals surface area contributed by atoms with Crippen molar-refractivity contribution in [3.05, 3.63) is 64.7 Å². The van der Waals surface area contributed by atoms with Crippen LogP contribution in [0.2, 0.25) is 5.02 Å². The number of carbonyl (C=O) groups excluding carboxylic acids is 1. The van der Waals surface area contributed by atoms with E-state index in [1.54, 1.807) is 24.4 Å². The number of halogens is 1. The average Bonchev–Trinajstić information content (AvgIpc) is 2.46. The van der Waals surface area contributed by atoms with E-state index in [0.717, 1.165) is 17.7 Å². The Balaban J connectivity index is 2.04. The number of nitrogens with zero attached hydrogens (tertiary/aromatic N) is 2. The van der Waals surface area contributed by atoms with Gasteiger partial charge < -0.3 is 0 Å². The fourth-order valence-electron chi connectivity index (χ4n) is 1.84. The summed E-state index contributed by atoms with van der Waals surface area (Å²) in [4.78, 5) is 20.4. The van der Waals surface area contributed by atoms with Crippen LogP contribution in [0, 0.1) is 5.92 Å². The Morgan fingerprint density at radius 1 is 1.19 bits per heavy atom. The number of carbonyl (C=O) groups is 1. The van der Waals surface area contributed by atoms with Gasteiger partial charge in [0.05, 0.1) is 11.9 Å². The molecule has 0 spiro atoms. The zero-order valence-corrected chi connectivity index (χ0v) is 12.8. The molecule has 0 unspecified atom stereocenters. The van der Waals surface area contributed by atoms with Crippen LogP contribution in [0.25, 0.3) is 6.08 Å². The highest BCUT2D eigenvalue weighted by Gasteiger charge is 2.05. The molecule has 2 rings (SSSR count). The van der Waals surface area contributed by atoms with E-state index in [1.807, 2.05) is 12.1 Å². The lowest BCUT2D eigenvalue weighted by Gasteiger charge is -2.03. The van der Waals surface area contributed by atoms with E-state index in [0.29, 0.717) is 16.6 Å². The van der Waals surface area contributed by atoms with E-state index in [-0.39, 0.29) is 5.78 Å². The number of allylic oxidation sites excluding steroid dienone is 1. The summed E-state index contributed by atoms with van der Waals surface area (Å²) in [5.41, 5.74) is 2.17. The Morgan fingerprint density at radius 2 is 1.90 bits per heavy atom. The minimum absolute atomic E-state index is 0.159. The quantitative estimate of drug-likeness (QED) is 0.613. The summed E-state index contributed by atoms with van der Waals surface area (Å²) in [5, 5.41) is 0.671. The maximum Gasteiger partial charge on any atom is 0.205 e. The van der Waals surface area contributed by atoms with Crippen molar-refractivity contribution in [1.82, 2.24) is 9.97 Å². The molecule has 1 heterocycles. The summed E-state index contributed by atoms with van der Waals surface area (Å²) < 4.78 is 0. The lowest BCUT2D eigenvalue weighted by atomic mass is 10.1. The van der Waals surface area contributed by atoms with Crippen molar-refractivity contribution in [1.29, 1.82) is 0 Å². The first kappa shape index (κ1) is 15.4. The Kier molecular flexibility index (Phi) is 5.23. The molecule has 3 nitrogen and oxygen atoms in total. The Hall–Kier alpha value is -2.00. The predicted octanol–water partition coefficient (Wildman–Crippen LogP) is 4.22. The van der Waals surface area contributed by atoms with E-state index in [1.165, 1.54) is 12.3 Å². The van der Waals surface area contributed by atoms with Gasteiger partial charge in [-0.25, -0.2) is 4.98 Å². The Morgan fingerprint density at radius 3 is 2.48 bits per heavy atom. The third-order valence-electron chi connectivity index (χ3n) is 2.87. The van der Waals surface area contributed by atoms with Crippen LogP contribution in [0.3, 0.4) is 0 Å². The number of benzene rings is 1. The van der Waals surface area contributed by atoms with Crippen molar-refractivity contribution in [2.45, 2.75) is 20.3 Å². The number of hydrogen-bond acceptors (Lipinski definition) is 3. The van der Waals surface area contributed by atoms with Crippen LogP contribution in [0.1, 0.15) is 35.6 Å². The van der Waals surface area contributed by atoms with Gasteiger partial charge >= 0.3 is 0 Å². The maximum absolute atomic E-state index is 12.0. The fourth-order valence-corrected chi connectivity index (χ4v) is 1.96. The summed E-state index contributed by atoms with van der Waals surface area (Å²) >= 11 is 5.81. The third-order valence-corrected chi connectivity index (χ3v) is 3.12. The monoisotopic (exact) mass is 300 g/mol. The van der Waals surface area contributed by atoms with Crippen molar-refractivity contribution >= 4 is 23.5 Å². The first-order chi connectivity index (χ1) is 10.0. The molecule has 1 aromatic heterocycles. The van der Waals surface area contributed by atoms with Crippen LogP contribution in [0.15, 0.2) is 42.7 Å². The van der Waals surface area contributed by atoms with Gasteiger partial charge in [-0.05, 0) is 36.1 Å². The molecule has 0 aliphatic heterocycles. The molecule has 108 valence electrons. The van der Waals surface area contributed by atoms with Crippen molar-refractivity contribution < 1.29 is 4.79 Å². The molecule has 0 saturated heterocycles. The smallest absolute Gasteiger partial charge is 0.205 e. The molecular formula is C17H17ClN2O. The number of rotatable bonds is 5. The molecule has 0 fully saturated rings. The number of aromatic nitrogens is 2. The third kappa shape index (κ3) is 4.80. The van der Waals surface area contributed by atoms with Gasteiger partial charge in [0.2, 0.25) is 5.78 Å². The van der Waals surface area contributed by atoms with Crippen molar-refractivity contribution in [2.24, 2.45) is 5.92 Å². The molecule has 0 bridgehead atoms. The van der Waals surface area contributed by atoms with E-state index in [4.69, 9.17) is 11.6 Å². The minimum Gasteiger partial charge on any atom is -0.287 e. The van der Waals surface area contributed by atoms with Crippen LogP contribution in [-0.4, -0.2) is 15.8 Å². The van der Waals surface area contributed by atoms with Crippen LogP contribution >= 0.6 is 11.6 Å². The van der Waals surface area contributed by atoms with Gasteiger partial charge in [0.1, 0.15) is 5.69 Å². The standard InChI is InChI=1S/C17H17ClN2O/c1-12(2)9-15-10-20-16(11-19-15)17(21)8-5-13-3-6-14(18)7-4-13/h3-8,10-12H,9H2,1-2H3/b8-5+. The molecule has 21 heavy (non-hydrogen) atoms. The molecule has 2 aromatic rings. The topological polar surface area (TPSA) is 42.9 Å². The highest BCUT2D eigenvalue weighted by Crippen LogP contribution is 2.11. The molecule has 0 aliphatic rings. The van der Waals surface area contributed by atoms with Crippen LogP contribution in [0.5, 0.6) is 0 Å². The highest BCUT2D eigenvalue weighted by molar-refractivity contribution is 6.30. The summed E-state index contributed by atoms with van der Waals surface area (Å²) in [5.74, 6) is 0.360. The predicted molar refractivity (Wildman–Crippen MR) is 85.4 cm³/mol. The fraction of sp³-hybridized carbons (Fsp3) is 0.235. The zero-order valence-electron chi connectivity index (χ0n) is 12.1. The second-order valence-electron chi connectivity index (χ2n) is 5.24. The van der Waals surface area contributed by atoms with Crippen molar-refractivity contribution in [3.63, 3.8) is 0 Å². The number of hydrogen-bond donors (Lipinski definition) is 0. The molecule has 0 atom stereocenters. The molecule has 0 amide bonds. The molecule has 1 aromatic carbocycles.